The molecule has 0 atom stereocenters. The van der Waals surface area contributed by atoms with Crippen LogP contribution in [0.15, 0.2) is 46.9 Å². The lowest BCUT2D eigenvalue weighted by Gasteiger charge is -2.21. The molecule has 0 aliphatic heterocycles. The van der Waals surface area contributed by atoms with Gasteiger partial charge in [-0.2, -0.15) is 0 Å². The number of carboxylic acid groups (broad SMARTS) is 1. The van der Waals surface area contributed by atoms with Gasteiger partial charge in [-0.25, -0.2) is 4.79 Å². The van der Waals surface area contributed by atoms with Crippen LogP contribution in [0.1, 0.15) is 97.8 Å². The largest absolute Gasteiger partial charge is 0.494 e. The van der Waals surface area contributed by atoms with Gasteiger partial charge in [0.25, 0.3) is 0 Å². The molecule has 6 nitrogen and oxygen atoms in total. The van der Waals surface area contributed by atoms with Crippen LogP contribution in [0.4, 0.5) is 0 Å². The topological polar surface area (TPSA) is 80.0 Å². The van der Waals surface area contributed by atoms with E-state index in [4.69, 9.17) is 9.15 Å². The molecule has 3 aromatic rings. The van der Waals surface area contributed by atoms with Crippen LogP contribution in [0.5, 0.6) is 5.75 Å². The second-order valence-corrected chi connectivity index (χ2v) is 9.62. The van der Waals surface area contributed by atoms with Gasteiger partial charge >= 0.3 is 5.97 Å². The summed E-state index contributed by atoms with van der Waals surface area (Å²) in [4.78, 5) is 27.6. The minimum atomic E-state index is -1.03. The smallest absolute Gasteiger partial charge is 0.335 e. The minimum Gasteiger partial charge on any atom is -0.494 e. The van der Waals surface area contributed by atoms with Gasteiger partial charge in [-0.1, -0.05) is 40.0 Å². The number of benzene rings is 2. The number of nitrogens with zero attached hydrogens (tertiary/aromatic N) is 1. The standard InChI is InChI=1S/C31H41NO5/c1-4-7-11-28-29(26-22-24(31(34)35)14-17-27(26)37-28)30(33)23-12-15-25(16-13-23)36-21-10-20-32(18-8-5-2)19-9-6-3/h12-17,22H,4-11,18-21H2,1-3H3,(H,34,35). The van der Waals surface area contributed by atoms with Crippen LogP contribution in [0.3, 0.4) is 0 Å². The fourth-order valence-corrected chi connectivity index (χ4v) is 4.47. The molecule has 0 radical (unpaired) electrons. The number of carboxylic acids is 1. The van der Waals surface area contributed by atoms with Gasteiger partial charge < -0.3 is 19.2 Å². The molecule has 2 aromatic carbocycles. The SMILES string of the molecule is CCCCc1oc2ccc(C(=O)O)cc2c1C(=O)c1ccc(OCCCN(CCCC)CCCC)cc1. The zero-order valence-corrected chi connectivity index (χ0v) is 22.6. The average molecular weight is 508 g/mol. The molecular weight excluding hydrogens is 466 g/mol. The maximum absolute atomic E-state index is 13.6. The number of hydrogen-bond acceptors (Lipinski definition) is 5. The Morgan fingerprint density at radius 2 is 1.46 bits per heavy atom. The molecule has 1 aromatic heterocycles. The molecule has 200 valence electrons. The highest BCUT2D eigenvalue weighted by Crippen LogP contribution is 2.31. The van der Waals surface area contributed by atoms with E-state index in [0.29, 0.717) is 40.9 Å². The molecule has 3 rings (SSSR count). The van der Waals surface area contributed by atoms with E-state index in [0.717, 1.165) is 44.6 Å². The summed E-state index contributed by atoms with van der Waals surface area (Å²) in [6.07, 6.45) is 8.30. The number of rotatable bonds is 17. The lowest BCUT2D eigenvalue weighted by atomic mass is 9.97. The predicted octanol–water partition coefficient (Wildman–Crippen LogP) is 7.38. The first kappa shape index (κ1) is 28.5. The number of ether oxygens (including phenoxy) is 1. The molecule has 0 aliphatic rings. The third-order valence-electron chi connectivity index (χ3n) is 6.65. The Kier molecular flexibility index (Phi) is 11.2. The van der Waals surface area contributed by atoms with E-state index in [1.807, 2.05) is 12.1 Å². The number of ketones is 1. The first-order valence-corrected chi connectivity index (χ1v) is 13.8. The molecule has 1 heterocycles. The van der Waals surface area contributed by atoms with Crippen LogP contribution in [0.25, 0.3) is 11.0 Å². The van der Waals surface area contributed by atoms with Crippen molar-refractivity contribution in [2.24, 2.45) is 0 Å². The van der Waals surface area contributed by atoms with Crippen molar-refractivity contribution < 1.29 is 23.8 Å². The van der Waals surface area contributed by atoms with Crippen LogP contribution in [0.2, 0.25) is 0 Å². The maximum atomic E-state index is 13.6. The second kappa shape index (κ2) is 14.6. The van der Waals surface area contributed by atoms with E-state index >= 15 is 0 Å². The summed E-state index contributed by atoms with van der Waals surface area (Å²) in [5.41, 5.74) is 1.65. The molecule has 37 heavy (non-hydrogen) atoms. The Balaban J connectivity index is 1.68. The molecule has 0 spiro atoms. The minimum absolute atomic E-state index is 0.135. The average Bonchev–Trinajstić information content (AvgIpc) is 3.28. The van der Waals surface area contributed by atoms with Gasteiger partial charge in [0.1, 0.15) is 17.1 Å². The number of fused-ring (bicyclic) bond motifs is 1. The summed E-state index contributed by atoms with van der Waals surface area (Å²) in [6, 6.07) is 11.9. The highest BCUT2D eigenvalue weighted by molar-refractivity contribution is 6.17. The van der Waals surface area contributed by atoms with E-state index in [1.54, 1.807) is 18.2 Å². The van der Waals surface area contributed by atoms with Crippen molar-refractivity contribution in [1.29, 1.82) is 0 Å². The van der Waals surface area contributed by atoms with Crippen LogP contribution in [-0.4, -0.2) is 48.0 Å². The Hall–Kier alpha value is -3.12. The zero-order chi connectivity index (χ0) is 26.6. The first-order chi connectivity index (χ1) is 18.0. The van der Waals surface area contributed by atoms with Gasteiger partial charge in [0.2, 0.25) is 0 Å². The fraction of sp³-hybridized carbons (Fsp3) is 0.484. The summed E-state index contributed by atoms with van der Waals surface area (Å²) in [5.74, 6) is 0.153. The number of aryl methyl sites for hydroxylation is 1. The van der Waals surface area contributed by atoms with Crippen molar-refractivity contribution in [2.45, 2.75) is 72.1 Å². The fourth-order valence-electron chi connectivity index (χ4n) is 4.47. The van der Waals surface area contributed by atoms with Gasteiger partial charge in [0.05, 0.1) is 17.7 Å². The summed E-state index contributed by atoms with van der Waals surface area (Å²) in [7, 11) is 0. The summed E-state index contributed by atoms with van der Waals surface area (Å²) in [5, 5.41) is 9.98. The van der Waals surface area contributed by atoms with Crippen molar-refractivity contribution >= 4 is 22.7 Å². The van der Waals surface area contributed by atoms with E-state index in [9.17, 15) is 14.7 Å². The lowest BCUT2D eigenvalue weighted by molar-refractivity contribution is 0.0696. The Morgan fingerprint density at radius 3 is 2.08 bits per heavy atom. The van der Waals surface area contributed by atoms with Gasteiger partial charge in [-0.05, 0) is 81.2 Å². The number of aromatic carboxylic acids is 1. The molecule has 0 saturated heterocycles. The van der Waals surface area contributed by atoms with Gasteiger partial charge in [-0.3, -0.25) is 4.79 Å². The molecular formula is C31H41NO5. The number of furan rings is 1. The molecule has 6 heteroatoms. The number of hydrogen-bond donors (Lipinski definition) is 1. The summed E-state index contributed by atoms with van der Waals surface area (Å²) < 4.78 is 12.0. The first-order valence-electron chi connectivity index (χ1n) is 13.8. The predicted molar refractivity (Wildman–Crippen MR) is 148 cm³/mol. The summed E-state index contributed by atoms with van der Waals surface area (Å²) in [6.45, 7) is 10.5. The van der Waals surface area contributed by atoms with Crippen LogP contribution in [-0.2, 0) is 6.42 Å². The molecule has 0 amide bonds. The summed E-state index contributed by atoms with van der Waals surface area (Å²) >= 11 is 0. The Labute approximate surface area is 220 Å². The number of carbonyl (C=O) groups is 2. The highest BCUT2D eigenvalue weighted by Gasteiger charge is 2.23. The van der Waals surface area contributed by atoms with E-state index < -0.39 is 5.97 Å². The normalized spacial score (nSPS) is 11.4. The van der Waals surface area contributed by atoms with E-state index in [2.05, 4.69) is 25.7 Å². The van der Waals surface area contributed by atoms with Crippen LogP contribution >= 0.6 is 0 Å². The molecule has 0 fully saturated rings. The van der Waals surface area contributed by atoms with E-state index in [1.165, 1.54) is 37.8 Å². The third-order valence-corrected chi connectivity index (χ3v) is 6.65. The monoisotopic (exact) mass is 507 g/mol. The second-order valence-electron chi connectivity index (χ2n) is 9.62. The van der Waals surface area contributed by atoms with Crippen LogP contribution in [0, 0.1) is 0 Å². The highest BCUT2D eigenvalue weighted by atomic mass is 16.5. The van der Waals surface area contributed by atoms with Crippen molar-refractivity contribution in [1.82, 2.24) is 4.90 Å². The Morgan fingerprint density at radius 1 is 0.838 bits per heavy atom. The molecule has 0 bridgehead atoms. The van der Waals surface area contributed by atoms with Gasteiger partial charge in [0.15, 0.2) is 5.78 Å². The number of carbonyl (C=O) groups excluding carboxylic acids is 1. The maximum Gasteiger partial charge on any atom is 0.335 e. The van der Waals surface area contributed by atoms with Crippen molar-refractivity contribution in [3.63, 3.8) is 0 Å². The van der Waals surface area contributed by atoms with E-state index in [-0.39, 0.29) is 11.3 Å². The van der Waals surface area contributed by atoms with Crippen molar-refractivity contribution in [3.8, 4) is 5.75 Å². The van der Waals surface area contributed by atoms with Gasteiger partial charge in [-0.15, -0.1) is 0 Å². The quantitative estimate of drug-likeness (QED) is 0.152. The molecule has 0 aliphatic carbocycles. The molecule has 0 saturated carbocycles. The lowest BCUT2D eigenvalue weighted by Crippen LogP contribution is -2.28. The van der Waals surface area contributed by atoms with Crippen molar-refractivity contribution in [2.75, 3.05) is 26.2 Å². The number of unbranched alkanes of at least 4 members (excludes halogenated alkanes) is 3. The molecule has 0 unspecified atom stereocenters. The van der Waals surface area contributed by atoms with Gasteiger partial charge in [0, 0.05) is 23.9 Å². The van der Waals surface area contributed by atoms with Crippen molar-refractivity contribution in [3.05, 3.63) is 64.9 Å². The zero-order valence-electron chi connectivity index (χ0n) is 22.6. The van der Waals surface area contributed by atoms with Crippen LogP contribution < -0.4 is 4.74 Å². The Bertz CT molecular complexity index is 1140. The molecule has 1 N–H and O–H groups in total. The third kappa shape index (κ3) is 7.93.